The Morgan fingerprint density at radius 1 is 1.15 bits per heavy atom. The minimum absolute atomic E-state index is 0.0361. The van der Waals surface area contributed by atoms with Gasteiger partial charge in [0.2, 0.25) is 0 Å². The Hall–Kier alpha value is -3.16. The van der Waals surface area contributed by atoms with Crippen molar-refractivity contribution in [2.75, 3.05) is 11.9 Å². The number of hydrogen-bond donors (Lipinski definition) is 2. The average molecular weight is 361 g/mol. The van der Waals surface area contributed by atoms with Crippen molar-refractivity contribution >= 4 is 17.4 Å². The second-order valence-electron chi connectivity index (χ2n) is 5.58. The molecule has 2 aromatic rings. The fourth-order valence-corrected chi connectivity index (χ4v) is 2.18. The van der Waals surface area contributed by atoms with E-state index in [2.05, 4.69) is 17.6 Å². The molecular formula is C18H20FN3O4. The summed E-state index contributed by atoms with van der Waals surface area (Å²) in [5.74, 6) is -0.0947. The van der Waals surface area contributed by atoms with Crippen LogP contribution < -0.4 is 15.4 Å². The average Bonchev–Trinajstić information content (AvgIpc) is 2.61. The lowest BCUT2D eigenvalue weighted by molar-refractivity contribution is -0.384. The first-order valence-corrected chi connectivity index (χ1v) is 8.26. The molecule has 0 fully saturated rings. The number of amides is 2. The van der Waals surface area contributed by atoms with Gasteiger partial charge in [0.15, 0.2) is 0 Å². The smallest absolute Gasteiger partial charge is 0.319 e. The molecule has 26 heavy (non-hydrogen) atoms. The minimum atomic E-state index is -0.645. The third-order valence-corrected chi connectivity index (χ3v) is 3.54. The molecule has 7 nitrogen and oxygen atoms in total. The monoisotopic (exact) mass is 361 g/mol. The van der Waals surface area contributed by atoms with E-state index in [9.17, 15) is 19.3 Å². The van der Waals surface area contributed by atoms with Crippen molar-refractivity contribution in [1.29, 1.82) is 0 Å². The Bertz CT molecular complexity index is 766. The highest BCUT2D eigenvalue weighted by atomic mass is 19.1. The predicted molar refractivity (Wildman–Crippen MR) is 96.1 cm³/mol. The van der Waals surface area contributed by atoms with Crippen LogP contribution in [0.5, 0.6) is 11.5 Å². The van der Waals surface area contributed by atoms with Crippen LogP contribution in [0.2, 0.25) is 0 Å². The minimum Gasteiger partial charge on any atom is -0.457 e. The molecule has 0 saturated carbocycles. The van der Waals surface area contributed by atoms with Crippen LogP contribution in [0.3, 0.4) is 0 Å². The van der Waals surface area contributed by atoms with Gasteiger partial charge in [-0.05, 0) is 30.7 Å². The molecule has 2 N–H and O–H groups in total. The molecule has 0 radical (unpaired) electrons. The number of nitrogens with zero attached hydrogens (tertiary/aromatic N) is 1. The summed E-state index contributed by atoms with van der Waals surface area (Å²) in [5, 5.41) is 15.7. The van der Waals surface area contributed by atoms with Gasteiger partial charge in [0, 0.05) is 24.7 Å². The maximum Gasteiger partial charge on any atom is 0.319 e. The number of hydrogen-bond acceptors (Lipinski definition) is 4. The summed E-state index contributed by atoms with van der Waals surface area (Å²) >= 11 is 0. The number of anilines is 1. The van der Waals surface area contributed by atoms with Crippen molar-refractivity contribution in [3.05, 3.63) is 58.4 Å². The molecule has 0 atom stereocenters. The lowest BCUT2D eigenvalue weighted by Gasteiger charge is -2.10. The van der Waals surface area contributed by atoms with Gasteiger partial charge in [0.1, 0.15) is 17.3 Å². The summed E-state index contributed by atoms with van der Waals surface area (Å²) in [6.45, 7) is 2.60. The number of unbranched alkanes of at least 4 members (excludes halogenated alkanes) is 2. The van der Waals surface area contributed by atoms with Crippen LogP contribution in [0.4, 0.5) is 20.6 Å². The van der Waals surface area contributed by atoms with Crippen molar-refractivity contribution in [2.24, 2.45) is 0 Å². The third kappa shape index (κ3) is 5.73. The Morgan fingerprint density at radius 3 is 2.46 bits per heavy atom. The van der Waals surface area contributed by atoms with E-state index in [1.807, 2.05) is 0 Å². The number of non-ortho nitro benzene ring substituents is 1. The van der Waals surface area contributed by atoms with Crippen molar-refractivity contribution in [1.82, 2.24) is 5.32 Å². The van der Waals surface area contributed by atoms with Crippen molar-refractivity contribution in [3.8, 4) is 11.5 Å². The second kappa shape index (κ2) is 9.36. The normalized spacial score (nSPS) is 10.2. The number of carbonyl (C=O) groups excluding carboxylic acids is 1. The van der Waals surface area contributed by atoms with Gasteiger partial charge < -0.3 is 15.4 Å². The van der Waals surface area contributed by atoms with Crippen molar-refractivity contribution in [3.63, 3.8) is 0 Å². The van der Waals surface area contributed by atoms with Gasteiger partial charge in [-0.3, -0.25) is 10.1 Å². The van der Waals surface area contributed by atoms with E-state index in [1.54, 1.807) is 0 Å². The van der Waals surface area contributed by atoms with E-state index in [-0.39, 0.29) is 17.1 Å². The summed E-state index contributed by atoms with van der Waals surface area (Å²) in [6, 6.07) is 8.99. The summed E-state index contributed by atoms with van der Waals surface area (Å²) in [4.78, 5) is 21.8. The SMILES string of the molecule is CCCCCNC(=O)Nc1ccc(Oc2ccc([N+](=O)[O-])cc2)cc1F. The molecule has 0 aromatic heterocycles. The Balaban J connectivity index is 1.93. The van der Waals surface area contributed by atoms with E-state index in [0.29, 0.717) is 12.3 Å². The number of nitrogens with one attached hydrogen (secondary N) is 2. The fraction of sp³-hybridized carbons (Fsp3) is 0.278. The summed E-state index contributed by atoms with van der Waals surface area (Å²) < 4.78 is 19.6. The van der Waals surface area contributed by atoms with Crippen LogP contribution in [-0.2, 0) is 0 Å². The van der Waals surface area contributed by atoms with E-state index < -0.39 is 16.8 Å². The first-order chi connectivity index (χ1) is 12.5. The zero-order chi connectivity index (χ0) is 18.9. The Morgan fingerprint density at radius 2 is 1.85 bits per heavy atom. The quantitative estimate of drug-likeness (QED) is 0.400. The number of nitro groups is 1. The molecule has 0 heterocycles. The van der Waals surface area contributed by atoms with Crippen LogP contribution >= 0.6 is 0 Å². The first-order valence-electron chi connectivity index (χ1n) is 8.26. The second-order valence-corrected chi connectivity index (χ2v) is 5.58. The molecule has 0 aliphatic carbocycles. The molecule has 0 aliphatic rings. The molecule has 0 unspecified atom stereocenters. The third-order valence-electron chi connectivity index (χ3n) is 3.54. The van der Waals surface area contributed by atoms with Gasteiger partial charge in [-0.25, -0.2) is 9.18 Å². The molecule has 0 saturated heterocycles. The number of nitro benzene ring substituents is 1. The molecule has 2 aromatic carbocycles. The summed E-state index contributed by atoms with van der Waals surface area (Å²) in [7, 11) is 0. The van der Waals surface area contributed by atoms with Gasteiger partial charge in [0.25, 0.3) is 5.69 Å². The largest absolute Gasteiger partial charge is 0.457 e. The molecule has 0 aliphatic heterocycles. The van der Waals surface area contributed by atoms with Crippen LogP contribution in [-0.4, -0.2) is 17.5 Å². The van der Waals surface area contributed by atoms with Crippen LogP contribution in [0, 0.1) is 15.9 Å². The van der Waals surface area contributed by atoms with Crippen LogP contribution in [0.25, 0.3) is 0 Å². The standard InChI is InChI=1S/C18H20FN3O4/c1-2-3-4-11-20-18(23)21-17-10-9-15(12-16(17)19)26-14-7-5-13(6-8-14)22(24)25/h5-10,12H,2-4,11H2,1H3,(H2,20,21,23). The van der Waals surface area contributed by atoms with Gasteiger partial charge >= 0.3 is 6.03 Å². The Labute approximate surface area is 150 Å². The molecule has 2 amide bonds. The Kier molecular flexibility index (Phi) is 6.90. The van der Waals surface area contributed by atoms with Crippen LogP contribution in [0.1, 0.15) is 26.2 Å². The lowest BCUT2D eigenvalue weighted by Crippen LogP contribution is -2.29. The summed E-state index contributed by atoms with van der Waals surface area (Å²) in [5.41, 5.74) is -0.0259. The molecule has 8 heteroatoms. The molecular weight excluding hydrogens is 341 g/mol. The number of benzene rings is 2. The van der Waals surface area contributed by atoms with Gasteiger partial charge in [0.05, 0.1) is 10.6 Å². The first kappa shape index (κ1) is 19.2. The van der Waals surface area contributed by atoms with E-state index in [1.165, 1.54) is 36.4 Å². The zero-order valence-corrected chi connectivity index (χ0v) is 14.3. The van der Waals surface area contributed by atoms with Gasteiger partial charge in [-0.15, -0.1) is 0 Å². The highest BCUT2D eigenvalue weighted by Crippen LogP contribution is 2.26. The van der Waals surface area contributed by atoms with Gasteiger partial charge in [-0.2, -0.15) is 0 Å². The molecule has 0 spiro atoms. The number of ether oxygens (including phenoxy) is 1. The van der Waals surface area contributed by atoms with Crippen molar-refractivity contribution in [2.45, 2.75) is 26.2 Å². The lowest BCUT2D eigenvalue weighted by atomic mass is 10.2. The molecule has 138 valence electrons. The summed E-state index contributed by atoms with van der Waals surface area (Å²) in [6.07, 6.45) is 2.94. The van der Waals surface area contributed by atoms with Gasteiger partial charge in [-0.1, -0.05) is 19.8 Å². The fourth-order valence-electron chi connectivity index (χ4n) is 2.18. The maximum absolute atomic E-state index is 14.1. The topological polar surface area (TPSA) is 93.5 Å². The number of urea groups is 1. The van der Waals surface area contributed by atoms with Crippen LogP contribution in [0.15, 0.2) is 42.5 Å². The molecule has 0 bridgehead atoms. The number of halogens is 1. The highest BCUT2D eigenvalue weighted by Gasteiger charge is 2.09. The number of rotatable bonds is 8. The van der Waals surface area contributed by atoms with E-state index in [0.717, 1.165) is 25.3 Å². The maximum atomic E-state index is 14.1. The highest BCUT2D eigenvalue weighted by molar-refractivity contribution is 5.89. The van der Waals surface area contributed by atoms with E-state index in [4.69, 9.17) is 4.74 Å². The van der Waals surface area contributed by atoms with E-state index >= 15 is 0 Å². The zero-order valence-electron chi connectivity index (χ0n) is 14.3. The van der Waals surface area contributed by atoms with Crippen molar-refractivity contribution < 1.29 is 18.8 Å². The number of carbonyl (C=O) groups is 1. The predicted octanol–water partition coefficient (Wildman–Crippen LogP) is 4.84. The molecule has 2 rings (SSSR count).